The van der Waals surface area contributed by atoms with Crippen LogP contribution in [-0.2, 0) is 16.0 Å². The fraction of sp³-hybridized carbons (Fsp3) is 0.387. The first-order valence-corrected chi connectivity index (χ1v) is 13.5. The molecule has 0 aliphatic heterocycles. The monoisotopic (exact) mass is 520 g/mol. The highest BCUT2D eigenvalue weighted by Gasteiger charge is 2.32. The van der Waals surface area contributed by atoms with Crippen LogP contribution < -0.4 is 5.32 Å². The Labute approximate surface area is 225 Å². The van der Waals surface area contributed by atoms with Crippen LogP contribution in [0.4, 0.5) is 5.69 Å². The number of hydrogen-bond acceptors (Lipinski definition) is 3. The number of nitrogens with one attached hydrogen (secondary N) is 1. The second-order valence-electron chi connectivity index (χ2n) is 9.46. The zero-order valence-corrected chi connectivity index (χ0v) is 22.9. The molecular formula is C31H37ClN2O3. The molecule has 1 atom stereocenters. The number of carboxylic acid groups (broad SMARTS) is 1. The molecule has 4 rings (SSSR count). The van der Waals surface area contributed by atoms with Crippen LogP contribution in [0.3, 0.4) is 0 Å². The summed E-state index contributed by atoms with van der Waals surface area (Å²) in [5.41, 5.74) is 6.72. The van der Waals surface area contributed by atoms with E-state index >= 15 is 0 Å². The smallest absolute Gasteiger partial charge is 0.303 e. The van der Waals surface area contributed by atoms with Crippen LogP contribution in [0, 0.1) is 19.8 Å². The van der Waals surface area contributed by atoms with Gasteiger partial charge in [-0.3, -0.25) is 14.6 Å². The van der Waals surface area contributed by atoms with Crippen LogP contribution >= 0.6 is 11.6 Å². The lowest BCUT2D eigenvalue weighted by atomic mass is 9.82. The second-order valence-corrected chi connectivity index (χ2v) is 9.90. The van der Waals surface area contributed by atoms with E-state index in [1.807, 2.05) is 45.0 Å². The molecule has 1 aliphatic carbocycles. The molecule has 0 saturated heterocycles. The largest absolute Gasteiger partial charge is 0.481 e. The average molecular weight is 521 g/mol. The van der Waals surface area contributed by atoms with Crippen molar-refractivity contribution in [3.8, 4) is 11.1 Å². The summed E-state index contributed by atoms with van der Waals surface area (Å²) >= 11 is 6.15. The van der Waals surface area contributed by atoms with Gasteiger partial charge in [-0.2, -0.15) is 0 Å². The Kier molecular flexibility index (Phi) is 10.3. The number of anilines is 1. The molecule has 1 aromatic heterocycles. The molecule has 2 N–H and O–H groups in total. The lowest BCUT2D eigenvalue weighted by Gasteiger charge is -2.25. The average Bonchev–Trinajstić information content (AvgIpc) is 3.40. The van der Waals surface area contributed by atoms with Crippen molar-refractivity contribution in [3.05, 3.63) is 82.1 Å². The topological polar surface area (TPSA) is 79.3 Å². The van der Waals surface area contributed by atoms with Crippen molar-refractivity contribution in [2.45, 2.75) is 72.1 Å². The number of aliphatic carboxylic acids is 1. The number of hydrogen-bond donors (Lipinski definition) is 2. The molecule has 0 radical (unpaired) electrons. The molecule has 1 unspecified atom stereocenters. The number of carboxylic acids is 1. The van der Waals surface area contributed by atoms with E-state index in [0.717, 1.165) is 64.8 Å². The Balaban J connectivity index is 0.00000186. The third-order valence-electron chi connectivity index (χ3n) is 7.09. The molecule has 6 heteroatoms. The molecule has 1 amide bonds. The number of rotatable bonds is 8. The predicted molar refractivity (Wildman–Crippen MR) is 151 cm³/mol. The molecule has 5 nitrogen and oxygen atoms in total. The van der Waals surface area contributed by atoms with Gasteiger partial charge in [0.2, 0.25) is 5.91 Å². The number of aryl methyl sites for hydroxylation is 2. The van der Waals surface area contributed by atoms with E-state index in [9.17, 15) is 9.59 Å². The summed E-state index contributed by atoms with van der Waals surface area (Å²) in [5.74, 6) is -0.784. The molecule has 0 bridgehead atoms. The summed E-state index contributed by atoms with van der Waals surface area (Å²) in [5, 5.41) is 12.8. The normalized spacial score (nSPS) is 14.0. The summed E-state index contributed by atoms with van der Waals surface area (Å²) in [6.45, 7) is 7.99. The van der Waals surface area contributed by atoms with E-state index in [0.29, 0.717) is 17.4 Å². The second kappa shape index (κ2) is 13.4. The summed E-state index contributed by atoms with van der Waals surface area (Å²) in [7, 11) is 0. The Bertz CT molecular complexity index is 1230. The van der Waals surface area contributed by atoms with Crippen molar-refractivity contribution >= 4 is 29.2 Å². The highest BCUT2D eigenvalue weighted by molar-refractivity contribution is 6.30. The molecule has 2 aromatic carbocycles. The first kappa shape index (κ1) is 28.4. The van der Waals surface area contributed by atoms with E-state index in [4.69, 9.17) is 16.7 Å². The fourth-order valence-electron chi connectivity index (χ4n) is 5.23. The molecule has 3 aromatic rings. The number of carbonyl (C=O) groups excluding carboxylic acids is 1. The van der Waals surface area contributed by atoms with E-state index in [1.54, 1.807) is 12.4 Å². The maximum absolute atomic E-state index is 13.7. The SMILES string of the molecule is CC.Cc1cc(C(C(=O)Nc2cccc(CCC(=O)O)c2C)C2CCCC2)ccc1-c1cncc(Cl)c1. The number of benzene rings is 2. The van der Waals surface area contributed by atoms with Gasteiger partial charge in [0.05, 0.1) is 10.9 Å². The summed E-state index contributed by atoms with van der Waals surface area (Å²) in [6, 6.07) is 13.8. The predicted octanol–water partition coefficient (Wildman–Crippen LogP) is 7.97. The van der Waals surface area contributed by atoms with Crippen LogP contribution in [0.5, 0.6) is 0 Å². The zero-order valence-electron chi connectivity index (χ0n) is 22.2. The Morgan fingerprint density at radius 3 is 2.46 bits per heavy atom. The Morgan fingerprint density at radius 2 is 1.81 bits per heavy atom. The van der Waals surface area contributed by atoms with Gasteiger partial charge < -0.3 is 10.4 Å². The van der Waals surface area contributed by atoms with Crippen LogP contribution in [0.2, 0.25) is 5.02 Å². The van der Waals surface area contributed by atoms with Gasteiger partial charge in [-0.15, -0.1) is 0 Å². The van der Waals surface area contributed by atoms with Crippen molar-refractivity contribution in [3.63, 3.8) is 0 Å². The summed E-state index contributed by atoms with van der Waals surface area (Å²) in [6.07, 6.45) is 8.28. The number of nitrogens with zero attached hydrogens (tertiary/aromatic N) is 1. The standard InChI is InChI=1S/C29H31ClN2O3.C2H6/c1-18-14-22(10-12-25(18)23-15-24(30)17-31-16-23)28(21-6-3-4-7-21)29(35)32-26-9-5-8-20(19(26)2)11-13-27(33)34;1-2/h5,8-10,12,14-17,21,28H,3-4,6-7,11,13H2,1-2H3,(H,32,35)(H,33,34);1-2H3. The van der Waals surface area contributed by atoms with Crippen molar-refractivity contribution in [1.82, 2.24) is 4.98 Å². The minimum Gasteiger partial charge on any atom is -0.481 e. The lowest BCUT2D eigenvalue weighted by molar-refractivity contribution is -0.137. The number of pyridine rings is 1. The van der Waals surface area contributed by atoms with Gasteiger partial charge in [0, 0.05) is 30.1 Å². The molecule has 1 saturated carbocycles. The van der Waals surface area contributed by atoms with Crippen LogP contribution in [-0.4, -0.2) is 22.0 Å². The van der Waals surface area contributed by atoms with Gasteiger partial charge in [0.15, 0.2) is 0 Å². The number of aromatic nitrogens is 1. The van der Waals surface area contributed by atoms with Crippen molar-refractivity contribution in [2.24, 2.45) is 5.92 Å². The number of halogens is 1. The number of carbonyl (C=O) groups is 2. The van der Waals surface area contributed by atoms with Crippen LogP contribution in [0.15, 0.2) is 54.9 Å². The molecule has 1 fully saturated rings. The highest BCUT2D eigenvalue weighted by atomic mass is 35.5. The van der Waals surface area contributed by atoms with E-state index in [2.05, 4.69) is 35.4 Å². The summed E-state index contributed by atoms with van der Waals surface area (Å²) in [4.78, 5) is 28.9. The highest BCUT2D eigenvalue weighted by Crippen LogP contribution is 2.40. The zero-order chi connectivity index (χ0) is 26.9. The minimum atomic E-state index is -0.826. The Morgan fingerprint density at radius 1 is 1.08 bits per heavy atom. The lowest BCUT2D eigenvalue weighted by Crippen LogP contribution is -2.27. The Hall–Kier alpha value is -3.18. The van der Waals surface area contributed by atoms with Gasteiger partial charge in [-0.05, 0) is 79.0 Å². The van der Waals surface area contributed by atoms with Gasteiger partial charge >= 0.3 is 5.97 Å². The maximum atomic E-state index is 13.7. The van der Waals surface area contributed by atoms with E-state index < -0.39 is 5.97 Å². The minimum absolute atomic E-state index is 0.00745. The van der Waals surface area contributed by atoms with Gasteiger partial charge in [-0.25, -0.2) is 0 Å². The van der Waals surface area contributed by atoms with Gasteiger partial charge in [0.1, 0.15) is 0 Å². The van der Waals surface area contributed by atoms with Crippen molar-refractivity contribution in [1.29, 1.82) is 0 Å². The van der Waals surface area contributed by atoms with E-state index in [1.165, 1.54) is 0 Å². The fourth-order valence-corrected chi connectivity index (χ4v) is 5.41. The molecule has 196 valence electrons. The molecule has 37 heavy (non-hydrogen) atoms. The molecule has 1 heterocycles. The maximum Gasteiger partial charge on any atom is 0.303 e. The molecule has 1 aliphatic rings. The summed E-state index contributed by atoms with van der Waals surface area (Å²) < 4.78 is 0. The number of amides is 1. The van der Waals surface area contributed by atoms with Gasteiger partial charge in [0.25, 0.3) is 0 Å². The third-order valence-corrected chi connectivity index (χ3v) is 7.30. The first-order valence-electron chi connectivity index (χ1n) is 13.2. The van der Waals surface area contributed by atoms with Crippen LogP contribution in [0.1, 0.15) is 74.1 Å². The van der Waals surface area contributed by atoms with Gasteiger partial charge in [-0.1, -0.05) is 68.6 Å². The van der Waals surface area contributed by atoms with Crippen molar-refractivity contribution in [2.75, 3.05) is 5.32 Å². The third kappa shape index (κ3) is 7.20. The molecule has 0 spiro atoms. The van der Waals surface area contributed by atoms with Crippen molar-refractivity contribution < 1.29 is 14.7 Å². The first-order chi connectivity index (χ1) is 17.8. The van der Waals surface area contributed by atoms with E-state index in [-0.39, 0.29) is 18.2 Å². The molecular weight excluding hydrogens is 484 g/mol. The quantitative estimate of drug-likeness (QED) is 0.315. The van der Waals surface area contributed by atoms with Crippen LogP contribution in [0.25, 0.3) is 11.1 Å².